The van der Waals surface area contributed by atoms with Gasteiger partial charge in [-0.1, -0.05) is 19.9 Å². The summed E-state index contributed by atoms with van der Waals surface area (Å²) >= 11 is 0. The summed E-state index contributed by atoms with van der Waals surface area (Å²) in [6, 6.07) is 8.31. The van der Waals surface area contributed by atoms with E-state index in [1.807, 2.05) is 24.3 Å². The van der Waals surface area contributed by atoms with E-state index >= 15 is 0 Å². The smallest absolute Gasteiger partial charge is 0.251 e. The van der Waals surface area contributed by atoms with E-state index in [-0.39, 0.29) is 5.91 Å². The van der Waals surface area contributed by atoms with Crippen molar-refractivity contribution in [2.75, 3.05) is 12.4 Å². The Kier molecular flexibility index (Phi) is 5.05. The maximum Gasteiger partial charge on any atom is 0.251 e. The van der Waals surface area contributed by atoms with E-state index in [1.165, 1.54) is 25.7 Å². The first-order valence-corrected chi connectivity index (χ1v) is 7.69. The molecule has 0 heterocycles. The molecule has 2 N–H and O–H groups in total. The summed E-state index contributed by atoms with van der Waals surface area (Å²) in [6.45, 7) is 4.65. The third-order valence-electron chi connectivity index (χ3n) is 4.44. The second-order valence-electron chi connectivity index (χ2n) is 6.16. The van der Waals surface area contributed by atoms with Crippen LogP contribution in [0.15, 0.2) is 24.3 Å². The van der Waals surface area contributed by atoms with Crippen LogP contribution in [0.4, 0.5) is 5.69 Å². The topological polar surface area (TPSA) is 41.1 Å². The lowest BCUT2D eigenvalue weighted by molar-refractivity contribution is 0.0963. The Hall–Kier alpha value is -1.51. The zero-order chi connectivity index (χ0) is 14.5. The molecule has 0 aliphatic heterocycles. The van der Waals surface area contributed by atoms with Gasteiger partial charge in [-0.2, -0.15) is 0 Å². The van der Waals surface area contributed by atoms with E-state index < -0.39 is 0 Å². The zero-order valence-electron chi connectivity index (χ0n) is 12.8. The van der Waals surface area contributed by atoms with Crippen molar-refractivity contribution in [1.29, 1.82) is 0 Å². The van der Waals surface area contributed by atoms with E-state index in [2.05, 4.69) is 24.5 Å². The van der Waals surface area contributed by atoms with Crippen LogP contribution in [0.5, 0.6) is 0 Å². The van der Waals surface area contributed by atoms with Gasteiger partial charge in [-0.3, -0.25) is 4.79 Å². The highest BCUT2D eigenvalue weighted by molar-refractivity contribution is 5.94. The van der Waals surface area contributed by atoms with Crippen molar-refractivity contribution >= 4 is 11.6 Å². The Morgan fingerprint density at radius 3 is 2.50 bits per heavy atom. The van der Waals surface area contributed by atoms with Gasteiger partial charge in [0.25, 0.3) is 5.91 Å². The van der Waals surface area contributed by atoms with Gasteiger partial charge in [0, 0.05) is 24.3 Å². The van der Waals surface area contributed by atoms with Crippen LogP contribution in [0.25, 0.3) is 0 Å². The van der Waals surface area contributed by atoms with Crippen molar-refractivity contribution in [2.45, 2.75) is 45.6 Å². The predicted octanol–water partition coefficient (Wildman–Crippen LogP) is 3.67. The number of rotatable bonds is 4. The summed E-state index contributed by atoms with van der Waals surface area (Å²) < 4.78 is 0. The van der Waals surface area contributed by atoms with Crippen LogP contribution in [-0.4, -0.2) is 19.0 Å². The number of nitrogens with one attached hydrogen (secondary N) is 2. The summed E-state index contributed by atoms with van der Waals surface area (Å²) in [4.78, 5) is 11.6. The number of hydrogen-bond donors (Lipinski definition) is 2. The Morgan fingerprint density at radius 2 is 1.90 bits per heavy atom. The van der Waals surface area contributed by atoms with E-state index in [9.17, 15) is 4.79 Å². The minimum atomic E-state index is -0.0304. The van der Waals surface area contributed by atoms with Gasteiger partial charge < -0.3 is 10.6 Å². The molecule has 1 aliphatic carbocycles. The molecule has 1 aromatic rings. The van der Waals surface area contributed by atoms with Gasteiger partial charge in [0.2, 0.25) is 0 Å². The van der Waals surface area contributed by atoms with Gasteiger partial charge in [0.05, 0.1) is 0 Å². The number of hydrogen-bond acceptors (Lipinski definition) is 2. The molecule has 110 valence electrons. The summed E-state index contributed by atoms with van der Waals surface area (Å²) in [7, 11) is 1.66. The molecule has 1 amide bonds. The molecule has 2 rings (SSSR count). The lowest BCUT2D eigenvalue weighted by Gasteiger charge is -2.31. The van der Waals surface area contributed by atoms with Gasteiger partial charge in [0.1, 0.15) is 0 Å². The Bertz CT molecular complexity index is 448. The van der Waals surface area contributed by atoms with Crippen LogP contribution in [0.3, 0.4) is 0 Å². The normalized spacial score (nSPS) is 22.6. The summed E-state index contributed by atoms with van der Waals surface area (Å²) in [5, 5.41) is 6.24. The number of carbonyl (C=O) groups is 1. The lowest BCUT2D eigenvalue weighted by atomic mass is 9.79. The van der Waals surface area contributed by atoms with Crippen LogP contribution < -0.4 is 10.6 Å². The van der Waals surface area contributed by atoms with Crippen LogP contribution >= 0.6 is 0 Å². The standard InChI is InChI=1S/C17H26N2O/c1-12(2)13-7-9-15(10-8-13)19-16-6-4-5-14(11-16)17(20)18-3/h4-6,11-13,15,19H,7-10H2,1-3H3,(H,18,20). The first-order chi connectivity index (χ1) is 9.60. The fourth-order valence-corrected chi connectivity index (χ4v) is 3.06. The van der Waals surface area contributed by atoms with E-state index in [0.717, 1.165) is 17.5 Å². The average molecular weight is 274 g/mol. The van der Waals surface area contributed by atoms with Crippen LogP contribution in [0, 0.1) is 11.8 Å². The number of benzene rings is 1. The third-order valence-corrected chi connectivity index (χ3v) is 4.44. The van der Waals surface area contributed by atoms with E-state index in [1.54, 1.807) is 7.05 Å². The summed E-state index contributed by atoms with van der Waals surface area (Å²) in [5.74, 6) is 1.65. The molecule has 3 heteroatoms. The SMILES string of the molecule is CNC(=O)c1cccc(NC2CCC(C(C)C)CC2)c1. The fourth-order valence-electron chi connectivity index (χ4n) is 3.06. The van der Waals surface area contributed by atoms with Crippen molar-refractivity contribution in [3.05, 3.63) is 29.8 Å². The first kappa shape index (κ1) is 14.9. The summed E-state index contributed by atoms with van der Waals surface area (Å²) in [5.41, 5.74) is 1.77. The molecule has 0 aromatic heterocycles. The second kappa shape index (κ2) is 6.78. The van der Waals surface area contributed by atoms with Crippen molar-refractivity contribution in [3.63, 3.8) is 0 Å². The molecule has 20 heavy (non-hydrogen) atoms. The van der Waals surface area contributed by atoms with Crippen molar-refractivity contribution in [3.8, 4) is 0 Å². The number of amides is 1. The van der Waals surface area contributed by atoms with Crippen molar-refractivity contribution < 1.29 is 4.79 Å². The van der Waals surface area contributed by atoms with E-state index in [0.29, 0.717) is 11.6 Å². The van der Waals surface area contributed by atoms with Crippen LogP contribution in [0.1, 0.15) is 49.9 Å². The number of carbonyl (C=O) groups excluding carboxylic acids is 1. The molecule has 0 saturated heterocycles. The largest absolute Gasteiger partial charge is 0.382 e. The van der Waals surface area contributed by atoms with Crippen molar-refractivity contribution in [1.82, 2.24) is 5.32 Å². The maximum absolute atomic E-state index is 11.6. The molecule has 0 spiro atoms. The number of anilines is 1. The first-order valence-electron chi connectivity index (χ1n) is 7.69. The predicted molar refractivity (Wildman–Crippen MR) is 84.0 cm³/mol. The molecule has 1 aliphatic rings. The van der Waals surface area contributed by atoms with Gasteiger partial charge in [0.15, 0.2) is 0 Å². The Morgan fingerprint density at radius 1 is 1.20 bits per heavy atom. The highest BCUT2D eigenvalue weighted by Crippen LogP contribution is 2.31. The molecular formula is C17H26N2O. The third kappa shape index (κ3) is 3.75. The molecule has 0 atom stereocenters. The highest BCUT2D eigenvalue weighted by atomic mass is 16.1. The lowest BCUT2D eigenvalue weighted by Crippen LogP contribution is -2.28. The molecule has 0 radical (unpaired) electrons. The monoisotopic (exact) mass is 274 g/mol. The highest BCUT2D eigenvalue weighted by Gasteiger charge is 2.23. The van der Waals surface area contributed by atoms with Gasteiger partial charge in [-0.15, -0.1) is 0 Å². The fraction of sp³-hybridized carbons (Fsp3) is 0.588. The van der Waals surface area contributed by atoms with Gasteiger partial charge >= 0.3 is 0 Å². The Labute approximate surface area is 122 Å². The van der Waals surface area contributed by atoms with Crippen LogP contribution in [-0.2, 0) is 0 Å². The quantitative estimate of drug-likeness (QED) is 0.879. The van der Waals surface area contributed by atoms with Crippen LogP contribution in [0.2, 0.25) is 0 Å². The molecule has 0 unspecified atom stereocenters. The minimum Gasteiger partial charge on any atom is -0.382 e. The minimum absolute atomic E-state index is 0.0304. The molecule has 1 aromatic carbocycles. The molecule has 1 fully saturated rings. The molecule has 3 nitrogen and oxygen atoms in total. The van der Waals surface area contributed by atoms with E-state index in [4.69, 9.17) is 0 Å². The Balaban J connectivity index is 1.93. The second-order valence-corrected chi connectivity index (χ2v) is 6.16. The summed E-state index contributed by atoms with van der Waals surface area (Å²) in [6.07, 6.45) is 5.08. The van der Waals surface area contributed by atoms with Gasteiger partial charge in [-0.05, 0) is 55.7 Å². The van der Waals surface area contributed by atoms with Crippen molar-refractivity contribution in [2.24, 2.45) is 11.8 Å². The molecule has 0 bridgehead atoms. The molecular weight excluding hydrogens is 248 g/mol. The average Bonchev–Trinajstić information content (AvgIpc) is 2.47. The van der Waals surface area contributed by atoms with Gasteiger partial charge in [-0.25, -0.2) is 0 Å². The zero-order valence-corrected chi connectivity index (χ0v) is 12.8. The maximum atomic E-state index is 11.6. The molecule has 1 saturated carbocycles.